The van der Waals surface area contributed by atoms with Gasteiger partial charge in [-0.25, -0.2) is 14.8 Å². The highest BCUT2D eigenvalue weighted by atomic mass is 16.2. The summed E-state index contributed by atoms with van der Waals surface area (Å²) in [6.45, 7) is 6.94. The van der Waals surface area contributed by atoms with Gasteiger partial charge in [-0.15, -0.1) is 0 Å². The van der Waals surface area contributed by atoms with E-state index in [1.807, 2.05) is 17.0 Å². The second kappa shape index (κ2) is 7.37. The lowest BCUT2D eigenvalue weighted by atomic mass is 10.0. The van der Waals surface area contributed by atoms with Crippen molar-refractivity contribution in [3.05, 3.63) is 60.3 Å². The minimum Gasteiger partial charge on any atom is -0.343 e. The Kier molecular flexibility index (Phi) is 4.64. The highest BCUT2D eigenvalue weighted by molar-refractivity contribution is 5.94. The fourth-order valence-electron chi connectivity index (χ4n) is 4.15. The molecule has 5 rings (SSSR count). The maximum Gasteiger partial charge on any atom is 0.323 e. The Morgan fingerprint density at radius 3 is 2.81 bits per heavy atom. The van der Waals surface area contributed by atoms with Crippen LogP contribution in [-0.4, -0.2) is 38.1 Å². The zero-order chi connectivity index (χ0) is 21.6. The van der Waals surface area contributed by atoms with E-state index in [1.165, 1.54) is 5.56 Å². The van der Waals surface area contributed by atoms with Crippen LogP contribution >= 0.6 is 0 Å². The molecule has 3 heterocycles. The molecule has 2 fully saturated rings. The molecular weight excluding hydrogens is 390 g/mol. The van der Waals surface area contributed by atoms with E-state index in [2.05, 4.69) is 70.8 Å². The third-order valence-corrected chi connectivity index (χ3v) is 6.14. The number of amides is 2. The number of rotatable bonds is 6. The number of anilines is 2. The van der Waals surface area contributed by atoms with Crippen molar-refractivity contribution >= 4 is 17.8 Å². The molecule has 1 unspecified atom stereocenters. The lowest BCUT2D eigenvalue weighted by Gasteiger charge is -2.25. The standard InChI is InChI=1S/C23H27N7O/c1-15(2)18-12-25-22(31)30(18)20-7-10-24-21(27-20)28-23(8-9-23)19-13-29(14-26-19)17-6-4-5-16(3)11-17/h4-7,10-11,13-15,18H,8-9,12H2,1-3H3,(H,25,31)(H,24,27,28). The van der Waals surface area contributed by atoms with Gasteiger partial charge in [-0.1, -0.05) is 26.0 Å². The quantitative estimate of drug-likeness (QED) is 0.640. The summed E-state index contributed by atoms with van der Waals surface area (Å²) in [5.74, 6) is 1.46. The first kappa shape index (κ1) is 19.5. The van der Waals surface area contributed by atoms with E-state index in [1.54, 1.807) is 17.2 Å². The smallest absolute Gasteiger partial charge is 0.323 e. The van der Waals surface area contributed by atoms with Crippen LogP contribution in [0.15, 0.2) is 49.1 Å². The van der Waals surface area contributed by atoms with E-state index in [9.17, 15) is 4.79 Å². The molecular formula is C23H27N7O. The molecule has 1 atom stereocenters. The van der Waals surface area contributed by atoms with Crippen molar-refractivity contribution in [1.82, 2.24) is 24.8 Å². The number of carbonyl (C=O) groups excluding carboxylic acids is 1. The molecule has 1 aromatic carbocycles. The minimum atomic E-state index is -0.265. The third-order valence-electron chi connectivity index (χ3n) is 6.14. The first-order valence-corrected chi connectivity index (χ1v) is 10.7. The minimum absolute atomic E-state index is 0.0789. The average Bonchev–Trinajstić information content (AvgIpc) is 3.18. The summed E-state index contributed by atoms with van der Waals surface area (Å²) in [7, 11) is 0. The number of aryl methyl sites for hydroxylation is 1. The molecule has 1 aliphatic carbocycles. The highest BCUT2D eigenvalue weighted by Gasteiger charge is 2.47. The van der Waals surface area contributed by atoms with Crippen LogP contribution in [0, 0.1) is 12.8 Å². The van der Waals surface area contributed by atoms with Crippen molar-refractivity contribution < 1.29 is 4.79 Å². The van der Waals surface area contributed by atoms with Crippen molar-refractivity contribution in [2.75, 3.05) is 16.8 Å². The normalized spacial score (nSPS) is 19.5. The molecule has 0 radical (unpaired) electrons. The maximum absolute atomic E-state index is 12.4. The molecule has 1 saturated heterocycles. The Morgan fingerprint density at radius 2 is 2.06 bits per heavy atom. The third kappa shape index (κ3) is 3.62. The van der Waals surface area contributed by atoms with Gasteiger partial charge in [0, 0.05) is 24.6 Å². The van der Waals surface area contributed by atoms with Crippen LogP contribution in [0.4, 0.5) is 16.6 Å². The predicted molar refractivity (Wildman–Crippen MR) is 119 cm³/mol. The molecule has 1 saturated carbocycles. The second-order valence-electron chi connectivity index (χ2n) is 8.82. The summed E-state index contributed by atoms with van der Waals surface area (Å²) < 4.78 is 2.04. The molecule has 2 aliphatic rings. The van der Waals surface area contributed by atoms with Crippen molar-refractivity contribution in [2.45, 2.75) is 45.2 Å². The Morgan fingerprint density at radius 1 is 1.23 bits per heavy atom. The van der Waals surface area contributed by atoms with Crippen LogP contribution in [0.3, 0.4) is 0 Å². The Bertz CT molecular complexity index is 1120. The number of imidazole rings is 1. The molecule has 8 heteroatoms. The maximum atomic E-state index is 12.4. The summed E-state index contributed by atoms with van der Waals surface area (Å²) in [5.41, 5.74) is 3.01. The summed E-state index contributed by atoms with van der Waals surface area (Å²) >= 11 is 0. The number of hydrogen-bond acceptors (Lipinski definition) is 5. The number of nitrogens with zero attached hydrogens (tertiary/aromatic N) is 5. The van der Waals surface area contributed by atoms with Gasteiger partial charge in [-0.3, -0.25) is 4.90 Å². The van der Waals surface area contributed by atoms with Crippen molar-refractivity contribution in [2.24, 2.45) is 5.92 Å². The van der Waals surface area contributed by atoms with Crippen LogP contribution in [-0.2, 0) is 5.54 Å². The van der Waals surface area contributed by atoms with Crippen LogP contribution < -0.4 is 15.5 Å². The van der Waals surface area contributed by atoms with E-state index in [0.29, 0.717) is 24.2 Å². The Labute approximate surface area is 181 Å². The van der Waals surface area contributed by atoms with E-state index < -0.39 is 0 Å². The highest BCUT2D eigenvalue weighted by Crippen LogP contribution is 2.47. The SMILES string of the molecule is Cc1cccc(-n2cnc(C3(Nc4nccc(N5C(=O)NCC5C(C)C)n4)CC3)c2)c1. The molecule has 2 aromatic heterocycles. The van der Waals surface area contributed by atoms with Gasteiger partial charge in [0.25, 0.3) is 0 Å². The van der Waals surface area contributed by atoms with Gasteiger partial charge in [-0.05, 0) is 49.4 Å². The van der Waals surface area contributed by atoms with Gasteiger partial charge in [-0.2, -0.15) is 4.98 Å². The fourth-order valence-corrected chi connectivity index (χ4v) is 4.15. The number of hydrogen-bond donors (Lipinski definition) is 2. The van der Waals surface area contributed by atoms with E-state index in [0.717, 1.165) is 24.2 Å². The largest absolute Gasteiger partial charge is 0.343 e. The van der Waals surface area contributed by atoms with Crippen LogP contribution in [0.5, 0.6) is 0 Å². The number of benzene rings is 1. The van der Waals surface area contributed by atoms with Crippen LogP contribution in [0.1, 0.15) is 37.9 Å². The lowest BCUT2D eigenvalue weighted by molar-refractivity contribution is 0.251. The zero-order valence-corrected chi connectivity index (χ0v) is 18.0. The summed E-state index contributed by atoms with van der Waals surface area (Å²) in [5, 5.41) is 6.41. The molecule has 0 bridgehead atoms. The average molecular weight is 418 g/mol. The Hall–Kier alpha value is -3.42. The van der Waals surface area contributed by atoms with Gasteiger partial charge < -0.3 is 15.2 Å². The lowest BCUT2D eigenvalue weighted by Crippen LogP contribution is -2.38. The zero-order valence-electron chi connectivity index (χ0n) is 18.0. The molecule has 160 valence electrons. The molecule has 31 heavy (non-hydrogen) atoms. The topological polar surface area (TPSA) is 88.0 Å². The molecule has 1 aliphatic heterocycles. The first-order valence-electron chi connectivity index (χ1n) is 10.7. The number of carbonyl (C=O) groups is 1. The van der Waals surface area contributed by atoms with Crippen molar-refractivity contribution in [3.63, 3.8) is 0 Å². The Balaban J connectivity index is 1.38. The first-order chi connectivity index (χ1) is 14.9. The van der Waals surface area contributed by atoms with Crippen LogP contribution in [0.25, 0.3) is 5.69 Å². The molecule has 2 amide bonds. The number of aromatic nitrogens is 4. The second-order valence-corrected chi connectivity index (χ2v) is 8.82. The van der Waals surface area contributed by atoms with Gasteiger partial charge in [0.2, 0.25) is 5.95 Å². The molecule has 0 spiro atoms. The van der Waals surface area contributed by atoms with E-state index >= 15 is 0 Å². The van der Waals surface area contributed by atoms with Gasteiger partial charge in [0.1, 0.15) is 5.82 Å². The van der Waals surface area contributed by atoms with Gasteiger partial charge >= 0.3 is 6.03 Å². The van der Waals surface area contributed by atoms with Gasteiger partial charge in [0.05, 0.1) is 23.6 Å². The predicted octanol–water partition coefficient (Wildman–Crippen LogP) is 3.63. The fraction of sp³-hybridized carbons (Fsp3) is 0.391. The van der Waals surface area contributed by atoms with Crippen molar-refractivity contribution in [1.29, 1.82) is 0 Å². The van der Waals surface area contributed by atoms with Crippen molar-refractivity contribution in [3.8, 4) is 5.69 Å². The summed E-state index contributed by atoms with van der Waals surface area (Å²) in [6, 6.07) is 10.1. The summed E-state index contributed by atoms with van der Waals surface area (Å²) in [6.07, 6.45) is 7.55. The van der Waals surface area contributed by atoms with Crippen LogP contribution in [0.2, 0.25) is 0 Å². The number of nitrogens with one attached hydrogen (secondary N) is 2. The van der Waals surface area contributed by atoms with Gasteiger partial charge in [0.15, 0.2) is 0 Å². The molecule has 3 aromatic rings. The molecule has 2 N–H and O–H groups in total. The monoisotopic (exact) mass is 417 g/mol. The summed E-state index contributed by atoms with van der Waals surface area (Å²) in [4.78, 5) is 27.9. The van der Waals surface area contributed by atoms with E-state index in [4.69, 9.17) is 0 Å². The molecule has 8 nitrogen and oxygen atoms in total. The number of urea groups is 1. The van der Waals surface area contributed by atoms with E-state index in [-0.39, 0.29) is 17.6 Å².